The first kappa shape index (κ1) is 29.1. The van der Waals surface area contributed by atoms with Crippen molar-refractivity contribution < 1.29 is 27.9 Å². The summed E-state index contributed by atoms with van der Waals surface area (Å²) in [5.41, 5.74) is -0.469. The standard InChI is InChI=1S/C22H24ClF3N6O3S/c1-12(31-19(34)16(28-3)8-13(27-2)6-4-5-7-33)21-30-11-17(36-21)20(35)32-18-9-14(22(24,25)26)15(23)10-29-18/h8-12,33H,2,4-7H2,1,3H3,(H,31,34)(H,29,32,35)/b13-8-,28-16?. The van der Waals surface area contributed by atoms with E-state index >= 15 is 0 Å². The van der Waals surface area contributed by atoms with Gasteiger partial charge in [0.2, 0.25) is 0 Å². The Bertz CT molecular complexity index is 1170. The summed E-state index contributed by atoms with van der Waals surface area (Å²) in [6.07, 6.45) is 0.620. The van der Waals surface area contributed by atoms with Crippen LogP contribution in [0.2, 0.25) is 5.02 Å². The first-order valence-electron chi connectivity index (χ1n) is 10.6. The fourth-order valence-electron chi connectivity index (χ4n) is 2.83. The van der Waals surface area contributed by atoms with Crippen molar-refractivity contribution in [3.05, 3.63) is 50.7 Å². The first-order chi connectivity index (χ1) is 17.0. The zero-order chi connectivity index (χ0) is 26.9. The molecule has 0 saturated heterocycles. The van der Waals surface area contributed by atoms with Crippen LogP contribution in [0.15, 0.2) is 40.2 Å². The number of allylic oxidation sites excluding steroid dienone is 1. The number of amides is 2. The van der Waals surface area contributed by atoms with Gasteiger partial charge in [0, 0.05) is 25.5 Å². The predicted octanol–water partition coefficient (Wildman–Crippen LogP) is 4.46. The van der Waals surface area contributed by atoms with Gasteiger partial charge in [0.1, 0.15) is 21.4 Å². The smallest absolute Gasteiger partial charge is 0.396 e. The second-order valence-electron chi connectivity index (χ2n) is 7.34. The van der Waals surface area contributed by atoms with E-state index < -0.39 is 34.6 Å². The van der Waals surface area contributed by atoms with Gasteiger partial charge in [-0.05, 0) is 45.0 Å². The highest BCUT2D eigenvalue weighted by Crippen LogP contribution is 2.35. The molecule has 3 N–H and O–H groups in total. The van der Waals surface area contributed by atoms with Gasteiger partial charge in [0.15, 0.2) is 0 Å². The summed E-state index contributed by atoms with van der Waals surface area (Å²) in [6.45, 7) is 5.19. The Hall–Kier alpha value is -3.16. The van der Waals surface area contributed by atoms with Gasteiger partial charge < -0.3 is 15.7 Å². The van der Waals surface area contributed by atoms with Gasteiger partial charge in [0.25, 0.3) is 11.8 Å². The lowest BCUT2D eigenvalue weighted by atomic mass is 10.1. The molecule has 0 saturated carbocycles. The van der Waals surface area contributed by atoms with Crippen LogP contribution in [0.5, 0.6) is 0 Å². The molecule has 0 radical (unpaired) electrons. The summed E-state index contributed by atoms with van der Waals surface area (Å²) >= 11 is 6.50. The van der Waals surface area contributed by atoms with Gasteiger partial charge >= 0.3 is 6.18 Å². The number of carbonyl (C=O) groups is 2. The molecule has 2 aromatic heterocycles. The molecule has 1 unspecified atom stereocenters. The van der Waals surface area contributed by atoms with Crippen molar-refractivity contribution in [1.29, 1.82) is 0 Å². The number of hydrogen-bond acceptors (Lipinski definition) is 8. The molecule has 36 heavy (non-hydrogen) atoms. The Morgan fingerprint density at radius 3 is 2.64 bits per heavy atom. The first-order valence-corrected chi connectivity index (χ1v) is 11.7. The highest BCUT2D eigenvalue weighted by molar-refractivity contribution is 7.13. The third-order valence-electron chi connectivity index (χ3n) is 4.69. The summed E-state index contributed by atoms with van der Waals surface area (Å²) in [5, 5.41) is 13.7. The Balaban J connectivity index is 2.07. The highest BCUT2D eigenvalue weighted by atomic mass is 35.5. The molecule has 14 heteroatoms. The molecule has 0 aliphatic rings. The number of carbonyl (C=O) groups excluding carboxylic acids is 2. The maximum Gasteiger partial charge on any atom is 0.418 e. The van der Waals surface area contributed by atoms with E-state index in [1.54, 1.807) is 6.92 Å². The molecule has 2 heterocycles. The average molecular weight is 545 g/mol. The maximum atomic E-state index is 13.0. The highest BCUT2D eigenvalue weighted by Gasteiger charge is 2.34. The van der Waals surface area contributed by atoms with E-state index in [9.17, 15) is 22.8 Å². The van der Waals surface area contributed by atoms with Gasteiger partial charge in [-0.15, -0.1) is 11.3 Å². The fourth-order valence-corrected chi connectivity index (χ4v) is 3.86. The monoisotopic (exact) mass is 544 g/mol. The molecule has 0 aromatic carbocycles. The molecular weight excluding hydrogens is 521 g/mol. The average Bonchev–Trinajstić information content (AvgIpc) is 3.32. The van der Waals surface area contributed by atoms with E-state index in [4.69, 9.17) is 16.7 Å². The molecule has 0 aliphatic carbocycles. The topological polar surface area (TPSA) is 129 Å². The molecule has 0 bridgehead atoms. The molecule has 0 aliphatic heterocycles. The van der Waals surface area contributed by atoms with Crippen molar-refractivity contribution in [2.24, 2.45) is 9.98 Å². The Labute approximate surface area is 214 Å². The molecule has 2 amide bonds. The summed E-state index contributed by atoms with van der Waals surface area (Å²) in [6, 6.07) is 0.0366. The van der Waals surface area contributed by atoms with Gasteiger partial charge in [-0.2, -0.15) is 13.2 Å². The number of halogens is 4. The molecule has 9 nitrogen and oxygen atoms in total. The third-order valence-corrected chi connectivity index (χ3v) is 6.17. The Morgan fingerprint density at radius 1 is 1.31 bits per heavy atom. The molecule has 2 rings (SSSR count). The number of nitrogens with one attached hydrogen (secondary N) is 2. The van der Waals surface area contributed by atoms with Gasteiger partial charge in [-0.1, -0.05) is 11.6 Å². The SMILES string of the molecule is C=N/C(=C\C(=NC)C(=O)NC(C)c1ncc(C(=O)Nc2cc(C(F)(F)F)c(Cl)cn2)s1)CCCCO. The predicted molar refractivity (Wildman–Crippen MR) is 133 cm³/mol. The number of thiazole rings is 1. The van der Waals surface area contributed by atoms with E-state index in [-0.39, 0.29) is 23.0 Å². The summed E-state index contributed by atoms with van der Waals surface area (Å²) in [7, 11) is 1.45. The summed E-state index contributed by atoms with van der Waals surface area (Å²) in [5.74, 6) is -1.54. The second kappa shape index (κ2) is 13.2. The van der Waals surface area contributed by atoms with Crippen LogP contribution < -0.4 is 10.6 Å². The van der Waals surface area contributed by atoms with Crippen LogP contribution in [0.3, 0.4) is 0 Å². The van der Waals surface area contributed by atoms with Gasteiger partial charge in [0.05, 0.1) is 22.8 Å². The molecule has 2 aromatic rings. The van der Waals surface area contributed by atoms with E-state index in [1.807, 2.05) is 0 Å². The number of aliphatic hydroxyl groups is 1. The lowest BCUT2D eigenvalue weighted by Gasteiger charge is -2.12. The van der Waals surface area contributed by atoms with Crippen molar-refractivity contribution in [2.75, 3.05) is 19.0 Å². The van der Waals surface area contributed by atoms with Crippen LogP contribution in [-0.2, 0) is 11.0 Å². The van der Waals surface area contributed by atoms with Crippen LogP contribution in [0, 0.1) is 0 Å². The number of nitrogens with zero attached hydrogens (tertiary/aromatic N) is 4. The Kier molecular flexibility index (Phi) is 10.7. The quantitative estimate of drug-likeness (QED) is 0.284. The normalized spacial score (nSPS) is 13.3. The van der Waals surface area contributed by atoms with E-state index in [1.165, 1.54) is 19.3 Å². The van der Waals surface area contributed by atoms with Gasteiger partial charge in [-0.25, -0.2) is 9.97 Å². The third kappa shape index (κ3) is 8.21. The van der Waals surface area contributed by atoms with Crippen LogP contribution >= 0.6 is 22.9 Å². The van der Waals surface area contributed by atoms with Crippen LogP contribution in [0.25, 0.3) is 0 Å². The van der Waals surface area contributed by atoms with Gasteiger partial charge in [-0.3, -0.25) is 19.6 Å². The zero-order valence-electron chi connectivity index (χ0n) is 19.4. The summed E-state index contributed by atoms with van der Waals surface area (Å²) < 4.78 is 39.1. The van der Waals surface area contributed by atoms with E-state index in [2.05, 4.69) is 37.3 Å². The number of rotatable bonds is 11. The van der Waals surface area contributed by atoms with Crippen molar-refractivity contribution in [3.8, 4) is 0 Å². The minimum absolute atomic E-state index is 0.0514. The second-order valence-corrected chi connectivity index (χ2v) is 8.81. The van der Waals surface area contributed by atoms with Crippen molar-refractivity contribution >= 4 is 53.0 Å². The number of hydrogen-bond donors (Lipinski definition) is 3. The largest absolute Gasteiger partial charge is 0.418 e. The zero-order valence-corrected chi connectivity index (χ0v) is 21.0. The molecular formula is C22H24ClF3N6O3S. The van der Waals surface area contributed by atoms with E-state index in [0.717, 1.165) is 17.5 Å². The molecule has 0 spiro atoms. The van der Waals surface area contributed by atoms with Crippen LogP contribution in [0.1, 0.15) is 52.5 Å². The van der Waals surface area contributed by atoms with Crippen molar-refractivity contribution in [2.45, 2.75) is 38.4 Å². The number of aromatic nitrogens is 2. The van der Waals surface area contributed by atoms with Crippen LogP contribution in [-0.4, -0.2) is 53.0 Å². The number of alkyl halides is 3. The lowest BCUT2D eigenvalue weighted by molar-refractivity contribution is -0.137. The van der Waals surface area contributed by atoms with Crippen molar-refractivity contribution in [3.63, 3.8) is 0 Å². The minimum Gasteiger partial charge on any atom is -0.396 e. The Morgan fingerprint density at radius 2 is 2.03 bits per heavy atom. The molecule has 1 atom stereocenters. The fraction of sp³-hybridized carbons (Fsp3) is 0.364. The maximum absolute atomic E-state index is 13.0. The number of aliphatic imine (C=N–C) groups is 2. The number of pyridine rings is 1. The minimum atomic E-state index is -4.71. The van der Waals surface area contributed by atoms with Crippen molar-refractivity contribution in [1.82, 2.24) is 15.3 Å². The molecule has 194 valence electrons. The van der Waals surface area contributed by atoms with Crippen LogP contribution in [0.4, 0.5) is 19.0 Å². The number of aliphatic hydroxyl groups excluding tert-OH is 1. The van der Waals surface area contributed by atoms with E-state index in [0.29, 0.717) is 36.0 Å². The molecule has 0 fully saturated rings. The number of unbranched alkanes of at least 4 members (excludes halogenated alkanes) is 1. The lowest BCUT2D eigenvalue weighted by Crippen LogP contribution is -2.32. The number of anilines is 1. The summed E-state index contributed by atoms with van der Waals surface area (Å²) in [4.78, 5) is 40.9.